The monoisotopic (exact) mass is 263 g/mol. The average Bonchev–Trinajstić information content (AvgIpc) is 2.72. The Morgan fingerprint density at radius 2 is 2.06 bits per heavy atom. The minimum Gasteiger partial charge on any atom is -0.340 e. The molecule has 102 valence electrons. The second-order valence-corrected chi connectivity index (χ2v) is 4.65. The highest BCUT2D eigenvalue weighted by atomic mass is 19.4. The number of rotatable bonds is 3. The highest BCUT2D eigenvalue weighted by molar-refractivity contribution is 4.89. The molecule has 1 fully saturated rings. The van der Waals surface area contributed by atoms with Gasteiger partial charge < -0.3 is 9.84 Å². The van der Waals surface area contributed by atoms with Crippen LogP contribution >= 0.6 is 0 Å². The number of aryl methyl sites for hydroxylation is 1. The molecule has 1 heterocycles. The Hall–Kier alpha value is -1.11. The Morgan fingerprint density at radius 3 is 2.67 bits per heavy atom. The number of hydrogen-bond donors (Lipinski definition) is 1. The smallest absolute Gasteiger partial charge is 0.340 e. The summed E-state index contributed by atoms with van der Waals surface area (Å²) < 4.78 is 43.3. The van der Waals surface area contributed by atoms with E-state index in [1.165, 1.54) is 0 Å². The van der Waals surface area contributed by atoms with Gasteiger partial charge in [-0.05, 0) is 12.8 Å². The molecule has 0 aromatic carbocycles. The van der Waals surface area contributed by atoms with E-state index in [-0.39, 0.29) is 13.0 Å². The lowest BCUT2D eigenvalue weighted by Gasteiger charge is -2.33. The molecule has 1 N–H and O–H groups in total. The molecule has 2 rings (SSSR count). The quantitative estimate of drug-likeness (QED) is 0.910. The molecule has 0 spiro atoms. The number of nitrogens with one attached hydrogen (secondary N) is 1. The first-order valence-electron chi connectivity index (χ1n) is 6.06. The summed E-state index contributed by atoms with van der Waals surface area (Å²) in [7, 11) is 0. The van der Waals surface area contributed by atoms with Crippen LogP contribution in [-0.4, -0.2) is 22.4 Å². The first kappa shape index (κ1) is 13.3. The van der Waals surface area contributed by atoms with Gasteiger partial charge in [-0.15, -0.1) is 0 Å². The summed E-state index contributed by atoms with van der Waals surface area (Å²) >= 11 is 0. The van der Waals surface area contributed by atoms with Gasteiger partial charge in [0, 0.05) is 13.0 Å². The van der Waals surface area contributed by atoms with Crippen LogP contribution in [0.15, 0.2) is 4.52 Å². The Kier molecular flexibility index (Phi) is 3.89. The molecule has 1 saturated carbocycles. The molecule has 1 aromatic heterocycles. The van der Waals surface area contributed by atoms with E-state index in [2.05, 4.69) is 15.5 Å². The molecular weight excluding hydrogens is 247 g/mol. The number of hydrogen-bond acceptors (Lipinski definition) is 4. The molecule has 1 aliphatic rings. The van der Waals surface area contributed by atoms with Crippen molar-refractivity contribution >= 4 is 0 Å². The van der Waals surface area contributed by atoms with Gasteiger partial charge in [-0.3, -0.25) is 0 Å². The van der Waals surface area contributed by atoms with Crippen molar-refractivity contribution in [2.75, 3.05) is 0 Å². The van der Waals surface area contributed by atoms with E-state index in [0.29, 0.717) is 24.6 Å². The van der Waals surface area contributed by atoms with E-state index in [1.54, 1.807) is 6.92 Å². The Morgan fingerprint density at radius 1 is 1.33 bits per heavy atom. The average molecular weight is 263 g/mol. The zero-order valence-electron chi connectivity index (χ0n) is 10.1. The van der Waals surface area contributed by atoms with Crippen LogP contribution in [0.3, 0.4) is 0 Å². The number of halogens is 3. The predicted molar refractivity (Wildman–Crippen MR) is 57.7 cm³/mol. The molecule has 0 unspecified atom stereocenters. The minimum absolute atomic E-state index is 0.201. The predicted octanol–water partition coefficient (Wildman–Crippen LogP) is 2.59. The largest absolute Gasteiger partial charge is 0.393 e. The molecule has 2 atom stereocenters. The lowest BCUT2D eigenvalue weighted by Crippen LogP contribution is -2.45. The highest BCUT2D eigenvalue weighted by Crippen LogP contribution is 2.37. The van der Waals surface area contributed by atoms with Crippen LogP contribution in [-0.2, 0) is 6.54 Å². The highest BCUT2D eigenvalue weighted by Gasteiger charge is 2.45. The van der Waals surface area contributed by atoms with Crippen LogP contribution < -0.4 is 5.32 Å². The SMILES string of the molecule is Cc1nc(CN[C@H]2CCCC[C@@H]2C(F)(F)F)no1. The summed E-state index contributed by atoms with van der Waals surface area (Å²) in [6.07, 6.45) is -1.92. The van der Waals surface area contributed by atoms with Crippen molar-refractivity contribution in [1.29, 1.82) is 0 Å². The summed E-state index contributed by atoms with van der Waals surface area (Å²) in [5, 5.41) is 6.56. The first-order chi connectivity index (χ1) is 8.47. The van der Waals surface area contributed by atoms with E-state index in [1.807, 2.05) is 0 Å². The molecule has 1 aliphatic carbocycles. The van der Waals surface area contributed by atoms with Gasteiger partial charge in [0.2, 0.25) is 5.89 Å². The Balaban J connectivity index is 1.93. The molecule has 0 amide bonds. The third-order valence-corrected chi connectivity index (χ3v) is 3.28. The van der Waals surface area contributed by atoms with Crippen LogP contribution in [0.1, 0.15) is 37.4 Å². The van der Waals surface area contributed by atoms with Gasteiger partial charge in [0.25, 0.3) is 0 Å². The van der Waals surface area contributed by atoms with Gasteiger partial charge in [-0.25, -0.2) is 0 Å². The maximum absolute atomic E-state index is 12.8. The van der Waals surface area contributed by atoms with Crippen LogP contribution in [0.5, 0.6) is 0 Å². The molecular formula is C11H16F3N3O. The van der Waals surface area contributed by atoms with Crippen LogP contribution in [0.2, 0.25) is 0 Å². The zero-order chi connectivity index (χ0) is 13.2. The van der Waals surface area contributed by atoms with Gasteiger partial charge >= 0.3 is 6.18 Å². The van der Waals surface area contributed by atoms with Gasteiger partial charge in [-0.2, -0.15) is 18.2 Å². The van der Waals surface area contributed by atoms with Gasteiger partial charge in [0.05, 0.1) is 12.5 Å². The number of aromatic nitrogens is 2. The maximum Gasteiger partial charge on any atom is 0.393 e. The summed E-state index contributed by atoms with van der Waals surface area (Å²) in [5.74, 6) is -0.443. The normalized spacial score (nSPS) is 25.3. The van der Waals surface area contributed by atoms with Crippen LogP contribution in [0.25, 0.3) is 0 Å². The molecule has 0 aliphatic heterocycles. The summed E-state index contributed by atoms with van der Waals surface area (Å²) in [5.41, 5.74) is 0. The molecule has 1 aromatic rings. The minimum atomic E-state index is -4.13. The maximum atomic E-state index is 12.8. The Bertz CT molecular complexity index is 391. The molecule has 0 bridgehead atoms. The van der Waals surface area contributed by atoms with E-state index in [4.69, 9.17) is 4.52 Å². The topological polar surface area (TPSA) is 51.0 Å². The molecule has 0 saturated heterocycles. The van der Waals surface area contributed by atoms with E-state index in [9.17, 15) is 13.2 Å². The standard InChI is InChI=1S/C11H16F3N3O/c1-7-16-10(17-18-7)6-15-9-5-3-2-4-8(9)11(12,13)14/h8-9,15H,2-6H2,1H3/t8-,9-/m0/s1. The van der Waals surface area contributed by atoms with Gasteiger partial charge in [0.1, 0.15) is 0 Å². The lowest BCUT2D eigenvalue weighted by molar-refractivity contribution is -0.189. The molecule has 4 nitrogen and oxygen atoms in total. The van der Waals surface area contributed by atoms with E-state index < -0.39 is 18.1 Å². The van der Waals surface area contributed by atoms with Crippen molar-refractivity contribution in [3.05, 3.63) is 11.7 Å². The third-order valence-electron chi connectivity index (χ3n) is 3.28. The lowest BCUT2D eigenvalue weighted by atomic mass is 9.84. The van der Waals surface area contributed by atoms with Gasteiger partial charge in [-0.1, -0.05) is 18.0 Å². The molecule has 0 radical (unpaired) electrons. The molecule has 18 heavy (non-hydrogen) atoms. The van der Waals surface area contributed by atoms with Crippen molar-refractivity contribution in [3.63, 3.8) is 0 Å². The van der Waals surface area contributed by atoms with E-state index >= 15 is 0 Å². The fourth-order valence-corrected chi connectivity index (χ4v) is 2.40. The Labute approximate surface area is 103 Å². The van der Waals surface area contributed by atoms with Crippen molar-refractivity contribution in [1.82, 2.24) is 15.5 Å². The van der Waals surface area contributed by atoms with E-state index in [0.717, 1.165) is 6.42 Å². The second kappa shape index (κ2) is 5.26. The summed E-state index contributed by atoms with van der Waals surface area (Å²) in [6, 6.07) is -0.544. The summed E-state index contributed by atoms with van der Waals surface area (Å²) in [6.45, 7) is 1.87. The van der Waals surface area contributed by atoms with Crippen molar-refractivity contribution in [2.24, 2.45) is 5.92 Å². The number of alkyl halides is 3. The van der Waals surface area contributed by atoms with Crippen molar-refractivity contribution in [3.8, 4) is 0 Å². The van der Waals surface area contributed by atoms with Crippen LogP contribution in [0.4, 0.5) is 13.2 Å². The first-order valence-corrected chi connectivity index (χ1v) is 6.06. The fourth-order valence-electron chi connectivity index (χ4n) is 2.40. The third kappa shape index (κ3) is 3.22. The molecule has 7 heteroatoms. The zero-order valence-corrected chi connectivity index (χ0v) is 10.1. The second-order valence-electron chi connectivity index (χ2n) is 4.65. The van der Waals surface area contributed by atoms with Crippen LogP contribution in [0, 0.1) is 12.8 Å². The summed E-state index contributed by atoms with van der Waals surface area (Å²) in [4.78, 5) is 3.96. The number of nitrogens with zero attached hydrogens (tertiary/aromatic N) is 2. The van der Waals surface area contributed by atoms with Gasteiger partial charge in [0.15, 0.2) is 5.82 Å². The van der Waals surface area contributed by atoms with Crippen molar-refractivity contribution < 1.29 is 17.7 Å². The fraction of sp³-hybridized carbons (Fsp3) is 0.818. The van der Waals surface area contributed by atoms with Crippen molar-refractivity contribution in [2.45, 2.75) is 51.4 Å².